The maximum absolute atomic E-state index is 10.6. The van der Waals surface area contributed by atoms with Crippen molar-refractivity contribution in [2.24, 2.45) is 0 Å². The Morgan fingerprint density at radius 1 is 1.40 bits per heavy atom. The van der Waals surface area contributed by atoms with Crippen LogP contribution in [0.1, 0.15) is 43.7 Å². The van der Waals surface area contributed by atoms with Gasteiger partial charge in [-0.05, 0) is 24.3 Å². The van der Waals surface area contributed by atoms with Crippen molar-refractivity contribution in [1.82, 2.24) is 0 Å². The lowest BCUT2D eigenvalue weighted by molar-refractivity contribution is -0.137. The third-order valence-electron chi connectivity index (χ3n) is 3.32. The molecule has 1 heterocycles. The van der Waals surface area contributed by atoms with Gasteiger partial charge in [0.25, 0.3) is 0 Å². The second-order valence-electron chi connectivity index (χ2n) is 5.18. The third-order valence-corrected chi connectivity index (χ3v) is 3.66. The minimum absolute atomic E-state index is 0.141. The average Bonchev–Trinajstić information content (AvgIpc) is 2.38. The highest BCUT2D eigenvalue weighted by atomic mass is 35.5. The summed E-state index contributed by atoms with van der Waals surface area (Å²) in [6, 6.07) is 1.78. The van der Waals surface area contributed by atoms with Crippen LogP contribution in [-0.4, -0.2) is 24.3 Å². The van der Waals surface area contributed by atoms with Crippen LogP contribution in [0.2, 0.25) is 5.02 Å². The molecule has 0 saturated carbocycles. The molecule has 0 atom stereocenters. The smallest absolute Gasteiger partial charge is 0.303 e. The number of rotatable bonds is 5. The van der Waals surface area contributed by atoms with E-state index in [2.05, 4.69) is 13.8 Å². The lowest BCUT2D eigenvalue weighted by Crippen LogP contribution is -2.18. The van der Waals surface area contributed by atoms with Crippen molar-refractivity contribution in [3.8, 4) is 11.5 Å². The van der Waals surface area contributed by atoms with Crippen LogP contribution in [0, 0.1) is 0 Å². The first kappa shape index (κ1) is 15.0. The zero-order valence-corrected chi connectivity index (χ0v) is 12.5. The summed E-state index contributed by atoms with van der Waals surface area (Å²) >= 11 is 6.34. The van der Waals surface area contributed by atoms with Gasteiger partial charge in [-0.25, -0.2) is 0 Å². The van der Waals surface area contributed by atoms with E-state index in [4.69, 9.17) is 26.2 Å². The zero-order chi connectivity index (χ0) is 14.7. The van der Waals surface area contributed by atoms with Crippen LogP contribution in [-0.2, 0) is 11.2 Å². The number of halogens is 1. The molecule has 5 heteroatoms. The van der Waals surface area contributed by atoms with Gasteiger partial charge in [-0.15, -0.1) is 0 Å². The van der Waals surface area contributed by atoms with Gasteiger partial charge in [0.15, 0.2) is 11.5 Å². The Hall–Kier alpha value is -1.42. The second-order valence-corrected chi connectivity index (χ2v) is 5.58. The molecule has 0 unspecified atom stereocenters. The molecule has 20 heavy (non-hydrogen) atoms. The van der Waals surface area contributed by atoms with Crippen LogP contribution in [0.3, 0.4) is 0 Å². The number of carbonyl (C=O) groups is 1. The van der Waals surface area contributed by atoms with Crippen LogP contribution < -0.4 is 9.47 Å². The summed E-state index contributed by atoms with van der Waals surface area (Å²) < 4.78 is 11.3. The van der Waals surface area contributed by atoms with Crippen molar-refractivity contribution < 1.29 is 19.4 Å². The first-order chi connectivity index (χ1) is 9.50. The van der Waals surface area contributed by atoms with Gasteiger partial charge < -0.3 is 14.6 Å². The molecule has 1 aromatic rings. The molecule has 0 aromatic heterocycles. The predicted molar refractivity (Wildman–Crippen MR) is 77.1 cm³/mol. The Labute approximate surface area is 123 Å². The first-order valence-electron chi connectivity index (χ1n) is 6.83. The highest BCUT2D eigenvalue weighted by molar-refractivity contribution is 6.31. The fourth-order valence-corrected chi connectivity index (χ4v) is 2.79. The Bertz CT molecular complexity index is 511. The van der Waals surface area contributed by atoms with E-state index in [1.165, 1.54) is 0 Å². The maximum Gasteiger partial charge on any atom is 0.303 e. The molecule has 1 aliphatic rings. The molecule has 4 nitrogen and oxygen atoms in total. The summed E-state index contributed by atoms with van der Waals surface area (Å²) in [5.41, 5.74) is 2.02. The van der Waals surface area contributed by atoms with Crippen molar-refractivity contribution in [1.29, 1.82) is 0 Å². The van der Waals surface area contributed by atoms with E-state index in [-0.39, 0.29) is 12.3 Å². The van der Waals surface area contributed by atoms with E-state index in [9.17, 15) is 4.79 Å². The van der Waals surface area contributed by atoms with E-state index in [1.54, 1.807) is 6.07 Å². The van der Waals surface area contributed by atoms with Gasteiger partial charge in [-0.2, -0.15) is 0 Å². The van der Waals surface area contributed by atoms with Crippen LogP contribution in [0.25, 0.3) is 0 Å². The highest BCUT2D eigenvalue weighted by Crippen LogP contribution is 2.43. The molecule has 0 aliphatic carbocycles. The molecule has 0 spiro atoms. The topological polar surface area (TPSA) is 55.8 Å². The van der Waals surface area contributed by atoms with Crippen molar-refractivity contribution in [2.45, 2.75) is 39.0 Å². The van der Waals surface area contributed by atoms with Gasteiger partial charge >= 0.3 is 5.97 Å². The second kappa shape index (κ2) is 6.35. The lowest BCUT2D eigenvalue weighted by atomic mass is 9.92. The number of benzene rings is 1. The number of aliphatic carboxylic acids is 1. The largest absolute Gasteiger partial charge is 0.486 e. The number of carboxylic acid groups (broad SMARTS) is 1. The van der Waals surface area contributed by atoms with Gasteiger partial charge in [0.05, 0.1) is 0 Å². The standard InChI is InChI=1S/C15H19ClO4/c1-9(2)14-10(4-3-5-13(17)18)11(16)8-12-15(14)20-7-6-19-12/h8-9H,3-7H2,1-2H3,(H,17,18). The Balaban J connectivity index is 2.36. The molecular formula is C15H19ClO4. The highest BCUT2D eigenvalue weighted by Gasteiger charge is 2.24. The molecular weight excluding hydrogens is 280 g/mol. The Morgan fingerprint density at radius 3 is 2.75 bits per heavy atom. The van der Waals surface area contributed by atoms with Gasteiger partial charge in [0, 0.05) is 23.1 Å². The van der Waals surface area contributed by atoms with Gasteiger partial charge in [-0.3, -0.25) is 4.79 Å². The van der Waals surface area contributed by atoms with Gasteiger partial charge in [0.2, 0.25) is 0 Å². The van der Waals surface area contributed by atoms with Crippen molar-refractivity contribution in [3.05, 3.63) is 22.2 Å². The molecule has 0 bridgehead atoms. The van der Waals surface area contributed by atoms with Crippen LogP contribution in [0.4, 0.5) is 0 Å². The van der Waals surface area contributed by atoms with E-state index < -0.39 is 5.97 Å². The maximum atomic E-state index is 10.6. The SMILES string of the molecule is CC(C)c1c(CCCC(=O)O)c(Cl)cc2c1OCCO2. The van der Waals surface area contributed by atoms with Crippen LogP contribution in [0.5, 0.6) is 11.5 Å². The summed E-state index contributed by atoms with van der Waals surface area (Å²) in [6.45, 7) is 5.21. The fourth-order valence-electron chi connectivity index (χ4n) is 2.50. The van der Waals surface area contributed by atoms with E-state index in [0.29, 0.717) is 36.8 Å². The van der Waals surface area contributed by atoms with Gasteiger partial charge in [0.1, 0.15) is 13.2 Å². The number of ether oxygens (including phenoxy) is 2. The average molecular weight is 299 g/mol. The summed E-state index contributed by atoms with van der Waals surface area (Å²) in [4.78, 5) is 10.6. The quantitative estimate of drug-likeness (QED) is 0.901. The molecule has 1 aromatic carbocycles. The number of hydrogen-bond donors (Lipinski definition) is 1. The van der Waals surface area contributed by atoms with E-state index in [0.717, 1.165) is 16.9 Å². The van der Waals surface area contributed by atoms with Crippen LogP contribution in [0.15, 0.2) is 6.07 Å². The Morgan fingerprint density at radius 2 is 2.10 bits per heavy atom. The summed E-state index contributed by atoms with van der Waals surface area (Å²) in [7, 11) is 0. The number of hydrogen-bond acceptors (Lipinski definition) is 3. The number of carboxylic acids is 1. The summed E-state index contributed by atoms with van der Waals surface area (Å²) in [6.07, 6.45) is 1.34. The molecule has 1 aliphatic heterocycles. The van der Waals surface area contributed by atoms with Gasteiger partial charge in [-0.1, -0.05) is 25.4 Å². The predicted octanol–water partition coefficient (Wildman–Crippen LogP) is 3.64. The van der Waals surface area contributed by atoms with E-state index in [1.807, 2.05) is 0 Å². The molecule has 2 rings (SSSR count). The number of fused-ring (bicyclic) bond motifs is 1. The molecule has 0 fully saturated rings. The Kier molecular flexibility index (Phi) is 4.76. The molecule has 0 radical (unpaired) electrons. The van der Waals surface area contributed by atoms with Crippen molar-refractivity contribution >= 4 is 17.6 Å². The minimum atomic E-state index is -0.787. The third kappa shape index (κ3) is 3.18. The lowest BCUT2D eigenvalue weighted by Gasteiger charge is -2.26. The normalized spacial score (nSPS) is 13.6. The van der Waals surface area contributed by atoms with E-state index >= 15 is 0 Å². The molecule has 1 N–H and O–H groups in total. The molecule has 110 valence electrons. The van der Waals surface area contributed by atoms with Crippen molar-refractivity contribution in [2.75, 3.05) is 13.2 Å². The summed E-state index contributed by atoms with van der Waals surface area (Å²) in [5.74, 6) is 0.904. The van der Waals surface area contributed by atoms with Crippen molar-refractivity contribution in [3.63, 3.8) is 0 Å². The summed E-state index contributed by atoms with van der Waals surface area (Å²) in [5, 5.41) is 9.38. The molecule has 0 amide bonds. The first-order valence-corrected chi connectivity index (χ1v) is 7.21. The van der Waals surface area contributed by atoms with Crippen LogP contribution >= 0.6 is 11.6 Å². The minimum Gasteiger partial charge on any atom is -0.486 e. The molecule has 0 saturated heterocycles. The zero-order valence-electron chi connectivity index (χ0n) is 11.7. The monoisotopic (exact) mass is 298 g/mol. The fraction of sp³-hybridized carbons (Fsp3) is 0.533.